The average molecular weight is 448 g/mol. The van der Waals surface area contributed by atoms with Crippen molar-refractivity contribution in [1.82, 2.24) is 15.1 Å². The van der Waals surface area contributed by atoms with Gasteiger partial charge >= 0.3 is 0 Å². The van der Waals surface area contributed by atoms with Crippen molar-refractivity contribution < 1.29 is 13.6 Å². The quantitative estimate of drug-likeness (QED) is 0.386. The number of thiophene rings is 1. The second kappa shape index (κ2) is 9.04. The molecule has 0 bridgehead atoms. The van der Waals surface area contributed by atoms with Crippen molar-refractivity contribution in [2.24, 2.45) is 0 Å². The zero-order chi connectivity index (χ0) is 21.9. The van der Waals surface area contributed by atoms with E-state index in [2.05, 4.69) is 21.6 Å². The van der Waals surface area contributed by atoms with Gasteiger partial charge in [-0.05, 0) is 77.5 Å². The van der Waals surface area contributed by atoms with Gasteiger partial charge in [0.05, 0.1) is 0 Å². The van der Waals surface area contributed by atoms with Gasteiger partial charge in [0.2, 0.25) is 11.8 Å². The minimum absolute atomic E-state index is 0.0122. The van der Waals surface area contributed by atoms with Crippen LogP contribution in [0.3, 0.4) is 0 Å². The number of piperidine rings is 1. The smallest absolute Gasteiger partial charge is 0.254 e. The number of nitrogens with zero attached hydrogens (tertiary/aromatic N) is 3. The molecule has 7 heteroatoms. The molecule has 1 atom stereocenters. The fourth-order valence-corrected chi connectivity index (χ4v) is 4.85. The number of rotatable bonds is 5. The fourth-order valence-electron chi connectivity index (χ4n) is 4.18. The Labute approximate surface area is 189 Å². The number of benzene rings is 2. The third kappa shape index (κ3) is 4.34. The molecule has 3 heterocycles. The van der Waals surface area contributed by atoms with Crippen molar-refractivity contribution in [2.45, 2.75) is 31.7 Å². The Morgan fingerprint density at radius 2 is 1.94 bits per heavy atom. The van der Waals surface area contributed by atoms with Gasteiger partial charge in [-0.15, -0.1) is 10.2 Å². The third-order valence-corrected chi connectivity index (χ3v) is 6.48. The molecule has 0 spiro atoms. The molecular weight excluding hydrogens is 425 g/mol. The molecule has 5 nitrogen and oxygen atoms in total. The highest BCUT2D eigenvalue weighted by Crippen LogP contribution is 2.27. The lowest BCUT2D eigenvalue weighted by atomic mass is 9.97. The summed E-state index contributed by atoms with van der Waals surface area (Å²) >= 11 is 1.64. The van der Waals surface area contributed by atoms with Crippen LogP contribution in [0.5, 0.6) is 0 Å². The summed E-state index contributed by atoms with van der Waals surface area (Å²) in [7, 11) is 0. The molecule has 4 aromatic rings. The van der Waals surface area contributed by atoms with Crippen LogP contribution in [0, 0.1) is 5.82 Å². The van der Waals surface area contributed by atoms with E-state index >= 15 is 0 Å². The summed E-state index contributed by atoms with van der Waals surface area (Å²) in [6, 6.07) is 15.9. The summed E-state index contributed by atoms with van der Waals surface area (Å²) in [6.45, 7) is 0.705. The first-order valence-corrected chi connectivity index (χ1v) is 11.6. The number of carbonyl (C=O) groups excluding carboxylic acids is 1. The highest BCUT2D eigenvalue weighted by molar-refractivity contribution is 7.08. The lowest BCUT2D eigenvalue weighted by Crippen LogP contribution is -2.45. The number of hydrogen-bond donors (Lipinski definition) is 0. The van der Waals surface area contributed by atoms with Gasteiger partial charge in [-0.25, -0.2) is 4.39 Å². The van der Waals surface area contributed by atoms with Crippen LogP contribution in [0.4, 0.5) is 4.39 Å². The maximum atomic E-state index is 13.5. The summed E-state index contributed by atoms with van der Waals surface area (Å²) in [5.74, 6) is 0.422. The number of aromatic nitrogens is 2. The topological polar surface area (TPSA) is 59.2 Å². The van der Waals surface area contributed by atoms with Crippen molar-refractivity contribution >= 4 is 17.2 Å². The summed E-state index contributed by atoms with van der Waals surface area (Å²) < 4.78 is 19.3. The van der Waals surface area contributed by atoms with Crippen LogP contribution in [0.15, 0.2) is 69.8 Å². The van der Waals surface area contributed by atoms with Gasteiger partial charge in [0.15, 0.2) is 0 Å². The highest BCUT2D eigenvalue weighted by Gasteiger charge is 2.29. The molecule has 1 saturated heterocycles. The van der Waals surface area contributed by atoms with Crippen LogP contribution in [0.1, 0.15) is 35.5 Å². The number of halogens is 1. The van der Waals surface area contributed by atoms with E-state index in [4.69, 9.17) is 4.42 Å². The first-order valence-electron chi connectivity index (χ1n) is 10.7. The van der Waals surface area contributed by atoms with E-state index in [1.165, 1.54) is 12.1 Å². The van der Waals surface area contributed by atoms with Crippen LogP contribution in [0.25, 0.3) is 22.6 Å². The monoisotopic (exact) mass is 447 g/mol. The summed E-state index contributed by atoms with van der Waals surface area (Å²) in [4.78, 5) is 15.3. The normalized spacial score (nSPS) is 16.3. The van der Waals surface area contributed by atoms with E-state index in [0.717, 1.165) is 30.4 Å². The molecule has 0 unspecified atom stereocenters. The van der Waals surface area contributed by atoms with E-state index in [1.54, 1.807) is 23.5 Å². The van der Waals surface area contributed by atoms with E-state index in [1.807, 2.05) is 34.5 Å². The van der Waals surface area contributed by atoms with Crippen molar-refractivity contribution in [2.75, 3.05) is 6.54 Å². The molecule has 32 heavy (non-hydrogen) atoms. The molecule has 1 aliphatic heterocycles. The van der Waals surface area contributed by atoms with E-state index in [-0.39, 0.29) is 23.7 Å². The van der Waals surface area contributed by atoms with Crippen LogP contribution in [0.2, 0.25) is 0 Å². The van der Waals surface area contributed by atoms with Gasteiger partial charge in [-0.3, -0.25) is 4.79 Å². The van der Waals surface area contributed by atoms with Crippen molar-refractivity contribution in [3.8, 4) is 22.6 Å². The van der Waals surface area contributed by atoms with Crippen molar-refractivity contribution in [3.05, 3.63) is 82.6 Å². The number of carbonyl (C=O) groups is 1. The van der Waals surface area contributed by atoms with E-state index in [9.17, 15) is 9.18 Å². The fraction of sp³-hybridized carbons (Fsp3) is 0.240. The molecule has 0 aliphatic carbocycles. The Morgan fingerprint density at radius 3 is 2.78 bits per heavy atom. The minimum atomic E-state index is -0.351. The van der Waals surface area contributed by atoms with Crippen molar-refractivity contribution in [3.63, 3.8) is 0 Å². The third-order valence-electron chi connectivity index (χ3n) is 5.80. The summed E-state index contributed by atoms with van der Waals surface area (Å²) in [6.07, 6.45) is 3.39. The minimum Gasteiger partial charge on any atom is -0.421 e. The predicted molar refractivity (Wildman–Crippen MR) is 122 cm³/mol. The lowest BCUT2D eigenvalue weighted by Gasteiger charge is -2.35. The Morgan fingerprint density at radius 1 is 1.06 bits per heavy atom. The van der Waals surface area contributed by atoms with Gasteiger partial charge in [-0.1, -0.05) is 18.2 Å². The SMILES string of the molecule is O=C(c1cccc(-c2ccsc2)c1)N1CCCC[C@H]1Cc1nnc(-c2cccc(F)c2)o1. The van der Waals surface area contributed by atoms with Crippen LogP contribution in [-0.4, -0.2) is 33.6 Å². The number of amides is 1. The number of likely N-dealkylation sites (tertiary alicyclic amines) is 1. The Balaban J connectivity index is 1.35. The zero-order valence-corrected chi connectivity index (χ0v) is 18.2. The Hall–Kier alpha value is -3.32. The first kappa shape index (κ1) is 20.6. The van der Waals surface area contributed by atoms with Crippen LogP contribution in [-0.2, 0) is 6.42 Å². The van der Waals surface area contributed by atoms with E-state index in [0.29, 0.717) is 30.0 Å². The Kier molecular flexibility index (Phi) is 5.81. The lowest BCUT2D eigenvalue weighted by molar-refractivity contribution is 0.0605. The molecule has 1 fully saturated rings. The molecule has 162 valence electrons. The molecule has 2 aromatic carbocycles. The van der Waals surface area contributed by atoms with Gasteiger partial charge in [-0.2, -0.15) is 11.3 Å². The highest BCUT2D eigenvalue weighted by atomic mass is 32.1. The summed E-state index contributed by atoms with van der Waals surface area (Å²) in [5.41, 5.74) is 3.40. The molecule has 1 aliphatic rings. The number of hydrogen-bond acceptors (Lipinski definition) is 5. The Bertz CT molecular complexity index is 1220. The molecular formula is C25H22FN3O2S. The maximum Gasteiger partial charge on any atom is 0.254 e. The first-order chi connectivity index (χ1) is 15.7. The maximum absolute atomic E-state index is 13.5. The average Bonchev–Trinajstić information content (AvgIpc) is 3.52. The second-order valence-corrected chi connectivity index (χ2v) is 8.74. The predicted octanol–water partition coefficient (Wildman–Crippen LogP) is 5.84. The van der Waals surface area contributed by atoms with Gasteiger partial charge in [0.25, 0.3) is 5.91 Å². The van der Waals surface area contributed by atoms with Gasteiger partial charge in [0, 0.05) is 30.1 Å². The van der Waals surface area contributed by atoms with Gasteiger partial charge in [0.1, 0.15) is 5.82 Å². The molecule has 1 amide bonds. The standard InChI is InChI=1S/C25H22FN3O2S/c26-21-8-4-6-18(14-21)24-28-27-23(31-24)15-22-9-1-2-11-29(22)25(30)19-7-3-5-17(13-19)20-10-12-32-16-20/h3-8,10,12-14,16,22H,1-2,9,11,15H2/t22-/m0/s1. The van der Waals surface area contributed by atoms with Gasteiger partial charge < -0.3 is 9.32 Å². The summed E-state index contributed by atoms with van der Waals surface area (Å²) in [5, 5.41) is 12.3. The van der Waals surface area contributed by atoms with Crippen LogP contribution >= 0.6 is 11.3 Å². The second-order valence-electron chi connectivity index (χ2n) is 7.96. The largest absolute Gasteiger partial charge is 0.421 e. The van der Waals surface area contributed by atoms with E-state index < -0.39 is 0 Å². The molecule has 0 radical (unpaired) electrons. The molecule has 0 saturated carbocycles. The van der Waals surface area contributed by atoms with Crippen molar-refractivity contribution in [1.29, 1.82) is 0 Å². The zero-order valence-electron chi connectivity index (χ0n) is 17.4. The molecule has 2 aromatic heterocycles. The molecule has 0 N–H and O–H groups in total. The molecule has 5 rings (SSSR count). The van der Waals surface area contributed by atoms with Crippen LogP contribution < -0.4 is 0 Å².